The number of thiophene rings is 1. The van der Waals surface area contributed by atoms with Gasteiger partial charge in [-0.2, -0.15) is 0 Å². The van der Waals surface area contributed by atoms with E-state index in [1.165, 1.54) is 18.5 Å². The Labute approximate surface area is 109 Å². The van der Waals surface area contributed by atoms with Crippen molar-refractivity contribution in [3.8, 4) is 5.75 Å². The Morgan fingerprint density at radius 1 is 1.43 bits per heavy atom. The van der Waals surface area contributed by atoms with Crippen molar-refractivity contribution in [3.05, 3.63) is 26.6 Å². The number of rotatable bonds is 2. The number of ether oxygens (including phenoxy) is 1. The molecule has 1 aromatic heterocycles. The molecule has 0 spiro atoms. The van der Waals surface area contributed by atoms with Crippen LogP contribution in [0.1, 0.15) is 4.88 Å². The van der Waals surface area contributed by atoms with E-state index >= 15 is 0 Å². The van der Waals surface area contributed by atoms with Crippen molar-refractivity contribution in [2.75, 3.05) is 7.11 Å². The summed E-state index contributed by atoms with van der Waals surface area (Å²) in [6, 6.07) is 6.46. The average molecular weight is 383 g/mol. The molecule has 0 unspecified atom stereocenters. The number of benzene rings is 1. The van der Waals surface area contributed by atoms with Gasteiger partial charge in [-0.1, -0.05) is 15.9 Å². The van der Waals surface area contributed by atoms with Crippen molar-refractivity contribution >= 4 is 59.9 Å². The minimum absolute atomic E-state index is 0.909. The first-order chi connectivity index (χ1) is 6.74. The fraction of sp³-hybridized carbons (Fsp3) is 0.200. The fourth-order valence-corrected chi connectivity index (χ4v) is 3.46. The minimum atomic E-state index is 0.909. The summed E-state index contributed by atoms with van der Waals surface area (Å²) in [6.45, 7) is 0. The first kappa shape index (κ1) is 10.7. The zero-order valence-corrected chi connectivity index (χ0v) is 12.1. The van der Waals surface area contributed by atoms with Gasteiger partial charge in [0.15, 0.2) is 0 Å². The third-order valence-electron chi connectivity index (χ3n) is 1.95. The molecule has 0 aliphatic heterocycles. The first-order valence-electron chi connectivity index (χ1n) is 4.06. The molecule has 0 saturated carbocycles. The quantitative estimate of drug-likeness (QED) is 0.552. The average Bonchev–Trinajstić information content (AvgIpc) is 2.59. The molecule has 0 saturated heterocycles. The summed E-state index contributed by atoms with van der Waals surface area (Å²) >= 11 is 7.56. The van der Waals surface area contributed by atoms with Gasteiger partial charge in [-0.25, -0.2) is 0 Å². The van der Waals surface area contributed by atoms with Crippen LogP contribution < -0.4 is 4.74 Å². The predicted molar refractivity (Wildman–Crippen MR) is 73.7 cm³/mol. The van der Waals surface area contributed by atoms with E-state index in [0.717, 1.165) is 11.1 Å². The Morgan fingerprint density at radius 2 is 2.21 bits per heavy atom. The van der Waals surface area contributed by atoms with Gasteiger partial charge in [0.25, 0.3) is 0 Å². The van der Waals surface area contributed by atoms with Crippen LogP contribution in [0.2, 0.25) is 0 Å². The van der Waals surface area contributed by atoms with Gasteiger partial charge in [-0.05, 0) is 46.2 Å². The molecule has 0 aliphatic rings. The zero-order valence-electron chi connectivity index (χ0n) is 7.51. The predicted octanol–water partition coefficient (Wildman–Crippen LogP) is 4.41. The standard InChI is InChI=1S/C10H8BrIOS/c1-13-9-4-7(12)2-6-3-8(5-11)14-10(6)9/h2-4H,5H2,1H3. The number of halogens is 2. The molecule has 0 atom stereocenters. The van der Waals surface area contributed by atoms with Gasteiger partial charge >= 0.3 is 0 Å². The SMILES string of the molecule is COc1cc(I)cc2cc(CBr)sc12. The lowest BCUT2D eigenvalue weighted by Crippen LogP contribution is -1.83. The Hall–Kier alpha value is 0.190. The highest BCUT2D eigenvalue weighted by atomic mass is 127. The second-order valence-corrected chi connectivity index (χ2v) is 5.82. The second kappa shape index (κ2) is 4.37. The molecular formula is C10H8BrIOS. The molecule has 1 heterocycles. The molecule has 1 nitrogen and oxygen atoms in total. The van der Waals surface area contributed by atoms with Crippen LogP contribution in [0.25, 0.3) is 10.1 Å². The van der Waals surface area contributed by atoms with Crippen LogP contribution in [0.4, 0.5) is 0 Å². The fourth-order valence-electron chi connectivity index (χ4n) is 1.36. The van der Waals surface area contributed by atoms with Crippen LogP contribution in [0.15, 0.2) is 18.2 Å². The van der Waals surface area contributed by atoms with Crippen LogP contribution in [0, 0.1) is 3.57 Å². The van der Waals surface area contributed by atoms with Gasteiger partial charge in [0, 0.05) is 13.8 Å². The third kappa shape index (κ3) is 1.92. The normalized spacial score (nSPS) is 10.8. The molecular weight excluding hydrogens is 375 g/mol. The summed E-state index contributed by atoms with van der Waals surface area (Å²) in [4.78, 5) is 1.33. The lowest BCUT2D eigenvalue weighted by Gasteiger charge is -2.01. The maximum Gasteiger partial charge on any atom is 0.137 e. The Morgan fingerprint density at radius 3 is 2.86 bits per heavy atom. The molecule has 74 valence electrons. The van der Waals surface area contributed by atoms with Gasteiger partial charge in [-0.15, -0.1) is 11.3 Å². The molecule has 14 heavy (non-hydrogen) atoms. The van der Waals surface area contributed by atoms with Gasteiger partial charge in [0.2, 0.25) is 0 Å². The lowest BCUT2D eigenvalue weighted by atomic mass is 10.2. The monoisotopic (exact) mass is 382 g/mol. The topological polar surface area (TPSA) is 9.23 Å². The highest BCUT2D eigenvalue weighted by molar-refractivity contribution is 14.1. The molecule has 0 amide bonds. The summed E-state index contributed by atoms with van der Waals surface area (Å²) in [5, 5.41) is 2.18. The molecule has 0 radical (unpaired) electrons. The molecule has 0 aliphatic carbocycles. The van der Waals surface area contributed by atoms with E-state index < -0.39 is 0 Å². The summed E-state index contributed by atoms with van der Waals surface area (Å²) in [7, 11) is 1.72. The van der Waals surface area contributed by atoms with E-state index in [1.54, 1.807) is 18.4 Å². The van der Waals surface area contributed by atoms with E-state index in [2.05, 4.69) is 56.7 Å². The highest BCUT2D eigenvalue weighted by Gasteiger charge is 2.07. The van der Waals surface area contributed by atoms with Crippen LogP contribution in [0.3, 0.4) is 0 Å². The number of fused-ring (bicyclic) bond motifs is 1. The van der Waals surface area contributed by atoms with Crippen LogP contribution >= 0.6 is 49.9 Å². The minimum Gasteiger partial charge on any atom is -0.495 e. The smallest absolute Gasteiger partial charge is 0.137 e. The van der Waals surface area contributed by atoms with Crippen molar-refractivity contribution in [1.29, 1.82) is 0 Å². The zero-order chi connectivity index (χ0) is 10.1. The van der Waals surface area contributed by atoms with Crippen molar-refractivity contribution < 1.29 is 4.74 Å². The lowest BCUT2D eigenvalue weighted by molar-refractivity contribution is 0.420. The van der Waals surface area contributed by atoms with Gasteiger partial charge in [0.1, 0.15) is 5.75 Å². The molecule has 2 aromatic rings. The van der Waals surface area contributed by atoms with Gasteiger partial charge < -0.3 is 4.74 Å². The van der Waals surface area contributed by atoms with E-state index in [0.29, 0.717) is 0 Å². The van der Waals surface area contributed by atoms with E-state index in [1.807, 2.05) is 0 Å². The third-order valence-corrected chi connectivity index (χ3v) is 4.71. The first-order valence-corrected chi connectivity index (χ1v) is 7.08. The summed E-state index contributed by atoms with van der Waals surface area (Å²) in [6.07, 6.45) is 0. The van der Waals surface area contributed by atoms with Gasteiger partial charge in [0.05, 0.1) is 11.8 Å². The molecule has 0 N–H and O–H groups in total. The van der Waals surface area contributed by atoms with Crippen LogP contribution in [0.5, 0.6) is 5.75 Å². The Bertz CT molecular complexity index is 466. The molecule has 0 fully saturated rings. The summed E-state index contributed by atoms with van der Waals surface area (Å²) < 4.78 is 7.81. The number of alkyl halides is 1. The molecule has 2 rings (SSSR count). The second-order valence-electron chi connectivity index (χ2n) is 2.87. The van der Waals surface area contributed by atoms with Crippen molar-refractivity contribution in [2.24, 2.45) is 0 Å². The summed E-state index contributed by atoms with van der Waals surface area (Å²) in [5.41, 5.74) is 0. The maximum absolute atomic E-state index is 5.36. The van der Waals surface area contributed by atoms with Gasteiger partial charge in [-0.3, -0.25) is 0 Å². The van der Waals surface area contributed by atoms with E-state index in [4.69, 9.17) is 4.74 Å². The Balaban J connectivity index is 2.71. The Kier molecular flexibility index (Phi) is 3.34. The van der Waals surface area contributed by atoms with Crippen LogP contribution in [-0.4, -0.2) is 7.11 Å². The number of methoxy groups -OCH3 is 1. The number of hydrogen-bond donors (Lipinski definition) is 0. The van der Waals surface area contributed by atoms with E-state index in [-0.39, 0.29) is 0 Å². The van der Waals surface area contributed by atoms with Crippen molar-refractivity contribution in [2.45, 2.75) is 5.33 Å². The number of hydrogen-bond acceptors (Lipinski definition) is 2. The van der Waals surface area contributed by atoms with Crippen molar-refractivity contribution in [1.82, 2.24) is 0 Å². The molecule has 0 bridgehead atoms. The molecule has 4 heteroatoms. The van der Waals surface area contributed by atoms with Crippen molar-refractivity contribution in [3.63, 3.8) is 0 Å². The maximum atomic E-state index is 5.36. The summed E-state index contributed by atoms with van der Waals surface area (Å²) in [5.74, 6) is 0.976. The van der Waals surface area contributed by atoms with E-state index in [9.17, 15) is 0 Å². The molecule has 1 aromatic carbocycles. The van der Waals surface area contributed by atoms with Crippen LogP contribution in [-0.2, 0) is 5.33 Å². The largest absolute Gasteiger partial charge is 0.495 e. The highest BCUT2D eigenvalue weighted by Crippen LogP contribution is 2.35.